The lowest BCUT2D eigenvalue weighted by atomic mass is 9.73. The van der Waals surface area contributed by atoms with Crippen molar-refractivity contribution >= 4 is 0 Å². The normalized spacial score (nSPS) is 56.3. The molecule has 0 bridgehead atoms. The Hall–Kier alpha value is -1.06. The van der Waals surface area contributed by atoms with Gasteiger partial charge in [-0.1, -0.05) is 6.92 Å². The molecule has 0 spiro atoms. The number of aliphatic hydroxyl groups excluding tert-OH is 10. The second-order valence-electron chi connectivity index (χ2n) is 11.9. The molecule has 4 fully saturated rings. The van der Waals surface area contributed by atoms with Gasteiger partial charge in [0.15, 0.2) is 6.29 Å². The fourth-order valence-corrected chi connectivity index (χ4v) is 6.64. The lowest BCUT2D eigenvalue weighted by molar-refractivity contribution is -0.485. The van der Waals surface area contributed by atoms with Crippen molar-refractivity contribution in [3.05, 3.63) is 12.3 Å². The number of aliphatic hydroxyl groups is 10. The van der Waals surface area contributed by atoms with Crippen molar-refractivity contribution in [1.29, 1.82) is 0 Å². The highest BCUT2D eigenvalue weighted by molar-refractivity contribution is 5.16. The summed E-state index contributed by atoms with van der Waals surface area (Å²) in [6, 6.07) is 0. The molecule has 0 radical (unpaired) electrons. The van der Waals surface area contributed by atoms with Crippen molar-refractivity contribution in [2.45, 2.75) is 124 Å². The van der Waals surface area contributed by atoms with Crippen LogP contribution in [0.5, 0.6) is 0 Å². The maximum absolute atomic E-state index is 11.1. The molecule has 4 heterocycles. The molecule has 3 saturated heterocycles. The third-order valence-corrected chi connectivity index (χ3v) is 9.29. The molecule has 7 unspecified atom stereocenters. The average molecular weight is 611 g/mol. The lowest BCUT2D eigenvalue weighted by Gasteiger charge is -2.62. The van der Waals surface area contributed by atoms with E-state index in [0.717, 1.165) is 0 Å². The van der Waals surface area contributed by atoms with Crippen molar-refractivity contribution in [3.8, 4) is 0 Å². The second-order valence-corrected chi connectivity index (χ2v) is 11.9. The van der Waals surface area contributed by atoms with Crippen LogP contribution >= 0.6 is 0 Å². The number of rotatable bonds is 7. The largest absolute Gasteiger partial charge is 0.495 e. The van der Waals surface area contributed by atoms with Gasteiger partial charge in [-0.25, -0.2) is 0 Å². The maximum Gasteiger partial charge on any atom is 0.210 e. The van der Waals surface area contributed by atoms with Crippen molar-refractivity contribution in [3.63, 3.8) is 0 Å². The molecule has 242 valence electrons. The van der Waals surface area contributed by atoms with Crippen LogP contribution < -0.4 is 0 Å². The first kappa shape index (κ1) is 32.3. The highest BCUT2D eigenvalue weighted by atomic mass is 16.8. The molecule has 16 nitrogen and oxygen atoms in total. The van der Waals surface area contributed by atoms with E-state index in [2.05, 4.69) is 0 Å². The van der Waals surface area contributed by atoms with Gasteiger partial charge in [-0.15, -0.1) is 0 Å². The van der Waals surface area contributed by atoms with E-state index in [4.69, 9.17) is 28.4 Å². The van der Waals surface area contributed by atoms with Gasteiger partial charge in [0.25, 0.3) is 0 Å². The molecule has 10 N–H and O–H groups in total. The number of fused-ring (bicyclic) bond motifs is 1. The zero-order chi connectivity index (χ0) is 30.7. The first-order valence-electron chi connectivity index (χ1n) is 14.2. The predicted molar refractivity (Wildman–Crippen MR) is 134 cm³/mol. The minimum absolute atomic E-state index is 0.154. The number of hydrogen-bond acceptors (Lipinski definition) is 16. The van der Waals surface area contributed by atoms with Crippen LogP contribution in [0.4, 0.5) is 0 Å². The fourth-order valence-electron chi connectivity index (χ4n) is 6.64. The molecule has 4 aliphatic heterocycles. The van der Waals surface area contributed by atoms with Crippen LogP contribution in [0.25, 0.3) is 0 Å². The van der Waals surface area contributed by atoms with Gasteiger partial charge in [0, 0.05) is 12.3 Å². The van der Waals surface area contributed by atoms with E-state index < -0.39 is 129 Å². The van der Waals surface area contributed by atoms with E-state index >= 15 is 0 Å². The van der Waals surface area contributed by atoms with E-state index in [0.29, 0.717) is 0 Å². The highest BCUT2D eigenvalue weighted by Gasteiger charge is 2.70. The van der Waals surface area contributed by atoms with Gasteiger partial charge in [0.2, 0.25) is 5.79 Å². The topological polar surface area (TPSA) is 258 Å². The lowest BCUT2D eigenvalue weighted by Crippen LogP contribution is -2.78. The minimum atomic E-state index is -2.06. The van der Waals surface area contributed by atoms with Crippen molar-refractivity contribution < 1.29 is 79.5 Å². The van der Waals surface area contributed by atoms with Gasteiger partial charge in [0.1, 0.15) is 61.0 Å². The van der Waals surface area contributed by atoms with E-state index in [1.54, 1.807) is 6.92 Å². The summed E-state index contributed by atoms with van der Waals surface area (Å²) in [5.41, 5.74) is 0. The Labute approximate surface area is 241 Å². The maximum atomic E-state index is 11.1. The van der Waals surface area contributed by atoms with E-state index in [1.165, 1.54) is 19.3 Å². The molecule has 5 rings (SSSR count). The molecule has 5 aliphatic rings. The van der Waals surface area contributed by atoms with Gasteiger partial charge >= 0.3 is 0 Å². The van der Waals surface area contributed by atoms with Gasteiger partial charge < -0.3 is 79.5 Å². The van der Waals surface area contributed by atoms with Gasteiger partial charge in [-0.3, -0.25) is 0 Å². The molecule has 0 aromatic rings. The number of hydrogen-bond donors (Lipinski definition) is 10. The SMILES string of the molecule is CC1O[C@@H](C2(O[C@@H]3OC(CO)[C@H](O)[C@H](O)[C@H]3O[C@@H]3CC(O)[C@H](O)[C@H](O)C3C)O[C@@H]3C=COC(CO)[C@H]32)[C@H](O)C(O)[C@@H]1O. The Morgan fingerprint density at radius 3 is 2.14 bits per heavy atom. The molecule has 19 atom stereocenters. The Bertz CT molecular complexity index is 955. The molecular formula is C26H42O16. The average Bonchev–Trinajstić information content (AvgIpc) is 2.97. The van der Waals surface area contributed by atoms with Crippen molar-refractivity contribution in [2.24, 2.45) is 11.8 Å². The quantitative estimate of drug-likeness (QED) is 0.129. The van der Waals surface area contributed by atoms with Crippen LogP contribution in [0.1, 0.15) is 20.3 Å². The molecule has 16 heteroatoms. The molecule has 0 aromatic heterocycles. The molecule has 0 amide bonds. The summed E-state index contributed by atoms with van der Waals surface area (Å²) in [6.07, 6.45) is -19.6. The van der Waals surface area contributed by atoms with Gasteiger partial charge in [-0.2, -0.15) is 0 Å². The summed E-state index contributed by atoms with van der Waals surface area (Å²) in [7, 11) is 0. The Balaban J connectivity index is 1.50. The minimum Gasteiger partial charge on any atom is -0.495 e. The summed E-state index contributed by atoms with van der Waals surface area (Å²) >= 11 is 0. The third kappa shape index (κ3) is 5.29. The number of ether oxygens (including phenoxy) is 6. The zero-order valence-electron chi connectivity index (χ0n) is 23.1. The van der Waals surface area contributed by atoms with Crippen LogP contribution in [0, 0.1) is 11.8 Å². The summed E-state index contributed by atoms with van der Waals surface area (Å²) in [5, 5.41) is 104. The molecule has 42 heavy (non-hydrogen) atoms. The Morgan fingerprint density at radius 2 is 1.48 bits per heavy atom. The smallest absolute Gasteiger partial charge is 0.210 e. The standard InChI is InChI=1S/C26H42O16/c1-8-12(5-10(29)18(32)16(8)30)39-23-21(35)19(33)14(7-28)40-25(23)42-26(15-11(41-26)3-4-37-13(15)6-27)24-22(36)20(34)17(31)9(2)38-24/h3-4,8-25,27-36H,5-7H2,1-2H3/t8?,9?,10?,11-,12-,13?,14?,15+,16-,17-,18+,19+,20?,21+,22-,23-,24-,25+,26?/m1/s1. The summed E-state index contributed by atoms with van der Waals surface area (Å²) in [4.78, 5) is 0. The summed E-state index contributed by atoms with van der Waals surface area (Å²) in [6.45, 7) is 1.75. The van der Waals surface area contributed by atoms with E-state index in [1.807, 2.05) is 0 Å². The van der Waals surface area contributed by atoms with E-state index in [-0.39, 0.29) is 6.42 Å². The van der Waals surface area contributed by atoms with Crippen LogP contribution in [-0.2, 0) is 28.4 Å². The first-order valence-corrected chi connectivity index (χ1v) is 14.2. The van der Waals surface area contributed by atoms with Crippen LogP contribution in [0.15, 0.2) is 12.3 Å². The van der Waals surface area contributed by atoms with E-state index in [9.17, 15) is 51.1 Å². The molecule has 1 aliphatic carbocycles. The monoisotopic (exact) mass is 610 g/mol. The first-order chi connectivity index (χ1) is 19.9. The van der Waals surface area contributed by atoms with Crippen molar-refractivity contribution in [1.82, 2.24) is 0 Å². The van der Waals surface area contributed by atoms with Crippen LogP contribution in [-0.4, -0.2) is 168 Å². The van der Waals surface area contributed by atoms with Crippen molar-refractivity contribution in [2.75, 3.05) is 13.2 Å². The predicted octanol–water partition coefficient (Wildman–Crippen LogP) is -5.20. The summed E-state index contributed by atoms with van der Waals surface area (Å²) < 4.78 is 35.8. The third-order valence-electron chi connectivity index (χ3n) is 9.29. The second kappa shape index (κ2) is 12.4. The van der Waals surface area contributed by atoms with Crippen LogP contribution in [0.2, 0.25) is 0 Å². The Kier molecular flexibility index (Phi) is 9.53. The molecule has 0 aromatic carbocycles. The highest BCUT2D eigenvalue weighted by Crippen LogP contribution is 2.52. The Morgan fingerprint density at radius 1 is 0.786 bits per heavy atom. The molecular weight excluding hydrogens is 568 g/mol. The summed E-state index contributed by atoms with van der Waals surface area (Å²) in [5.74, 6) is -3.70. The molecule has 1 saturated carbocycles. The zero-order valence-corrected chi connectivity index (χ0v) is 23.1. The van der Waals surface area contributed by atoms with Gasteiger partial charge in [0.05, 0.1) is 55.9 Å². The fraction of sp³-hybridized carbons (Fsp3) is 0.923. The van der Waals surface area contributed by atoms with Gasteiger partial charge in [-0.05, 0) is 13.0 Å². The van der Waals surface area contributed by atoms with Crippen LogP contribution in [0.3, 0.4) is 0 Å².